The molecule has 1 amide bonds. The molecule has 0 radical (unpaired) electrons. The molecule has 1 saturated heterocycles. The third kappa shape index (κ3) is 6.59. The van der Waals surface area contributed by atoms with Gasteiger partial charge in [0, 0.05) is 37.6 Å². The summed E-state index contributed by atoms with van der Waals surface area (Å²) in [4.78, 5) is 13.4. The van der Waals surface area contributed by atoms with Crippen LogP contribution in [0.1, 0.15) is 13.3 Å². The van der Waals surface area contributed by atoms with Gasteiger partial charge < -0.3 is 19.9 Å². The molecule has 3 rings (SSSR count). The molecule has 0 bridgehead atoms. The van der Waals surface area contributed by atoms with Crippen molar-refractivity contribution in [3.8, 4) is 11.5 Å². The number of halogens is 2. The summed E-state index contributed by atoms with van der Waals surface area (Å²) in [5.74, 6) is 0.183. The highest BCUT2D eigenvalue weighted by Crippen LogP contribution is 2.26. The van der Waals surface area contributed by atoms with Crippen LogP contribution >= 0.6 is 11.6 Å². The van der Waals surface area contributed by atoms with E-state index in [0.29, 0.717) is 23.8 Å². The van der Waals surface area contributed by atoms with E-state index in [1.807, 2.05) is 12.1 Å². The Morgan fingerprint density at radius 2 is 2.10 bits per heavy atom. The summed E-state index contributed by atoms with van der Waals surface area (Å²) in [6, 6.07) is 11.1. The molecule has 1 heterocycles. The molecule has 6 nitrogen and oxygen atoms in total. The van der Waals surface area contributed by atoms with Gasteiger partial charge in [-0.25, -0.2) is 4.39 Å². The molecule has 2 atom stereocenters. The highest BCUT2D eigenvalue weighted by atomic mass is 35.5. The van der Waals surface area contributed by atoms with Crippen molar-refractivity contribution >= 4 is 23.2 Å². The van der Waals surface area contributed by atoms with Crippen LogP contribution in [-0.4, -0.2) is 54.4 Å². The second-order valence-electron chi connectivity index (χ2n) is 7.03. The molecule has 0 aliphatic carbocycles. The van der Waals surface area contributed by atoms with E-state index in [1.165, 1.54) is 25.1 Å². The predicted molar refractivity (Wildman–Crippen MR) is 109 cm³/mol. The summed E-state index contributed by atoms with van der Waals surface area (Å²) in [7, 11) is 0. The molecular weight excluding hydrogens is 399 g/mol. The Balaban J connectivity index is 1.46. The van der Waals surface area contributed by atoms with E-state index in [9.17, 15) is 14.3 Å². The molecule has 2 N–H and O–H groups in total. The number of benzene rings is 2. The van der Waals surface area contributed by atoms with Crippen LogP contribution in [0.4, 0.5) is 10.1 Å². The zero-order valence-electron chi connectivity index (χ0n) is 16.1. The van der Waals surface area contributed by atoms with Crippen molar-refractivity contribution < 1.29 is 23.8 Å². The Hall–Kier alpha value is -2.35. The van der Waals surface area contributed by atoms with E-state index in [4.69, 9.17) is 21.1 Å². The van der Waals surface area contributed by atoms with Crippen molar-refractivity contribution in [1.82, 2.24) is 4.90 Å². The largest absolute Gasteiger partial charge is 0.489 e. The summed E-state index contributed by atoms with van der Waals surface area (Å²) >= 11 is 5.88. The lowest BCUT2D eigenvalue weighted by molar-refractivity contribution is -0.114. The first-order valence-corrected chi connectivity index (χ1v) is 9.79. The van der Waals surface area contributed by atoms with Crippen LogP contribution in [0, 0.1) is 5.82 Å². The number of rotatable bonds is 8. The van der Waals surface area contributed by atoms with E-state index in [2.05, 4.69) is 10.2 Å². The zero-order chi connectivity index (χ0) is 20.8. The van der Waals surface area contributed by atoms with Crippen molar-refractivity contribution in [3.63, 3.8) is 0 Å². The molecule has 1 aliphatic heterocycles. The average molecular weight is 423 g/mol. The molecule has 156 valence electrons. The monoisotopic (exact) mass is 422 g/mol. The van der Waals surface area contributed by atoms with Gasteiger partial charge >= 0.3 is 0 Å². The van der Waals surface area contributed by atoms with Crippen LogP contribution in [0.3, 0.4) is 0 Å². The second-order valence-corrected chi connectivity index (χ2v) is 7.46. The van der Waals surface area contributed by atoms with Crippen molar-refractivity contribution in [2.24, 2.45) is 0 Å². The lowest BCUT2D eigenvalue weighted by Crippen LogP contribution is -2.35. The number of carbonyl (C=O) groups is 1. The highest BCUT2D eigenvalue weighted by Gasteiger charge is 2.26. The Morgan fingerprint density at radius 1 is 1.34 bits per heavy atom. The third-order valence-corrected chi connectivity index (χ3v) is 4.75. The lowest BCUT2D eigenvalue weighted by Gasteiger charge is -2.21. The molecule has 0 aromatic heterocycles. The quantitative estimate of drug-likeness (QED) is 0.682. The van der Waals surface area contributed by atoms with Crippen LogP contribution in [0.2, 0.25) is 5.02 Å². The van der Waals surface area contributed by atoms with Gasteiger partial charge in [0.05, 0.1) is 5.69 Å². The van der Waals surface area contributed by atoms with Crippen LogP contribution in [-0.2, 0) is 4.79 Å². The summed E-state index contributed by atoms with van der Waals surface area (Å²) in [6.45, 7) is 3.24. The minimum absolute atomic E-state index is 0.0186. The van der Waals surface area contributed by atoms with Gasteiger partial charge in [0.1, 0.15) is 36.1 Å². The van der Waals surface area contributed by atoms with Gasteiger partial charge in [0.15, 0.2) is 0 Å². The van der Waals surface area contributed by atoms with Crippen LogP contribution < -0.4 is 14.8 Å². The number of ether oxygens (including phenoxy) is 2. The van der Waals surface area contributed by atoms with Gasteiger partial charge in [-0.3, -0.25) is 9.69 Å². The summed E-state index contributed by atoms with van der Waals surface area (Å²) in [5, 5.41) is 13.6. The fourth-order valence-electron chi connectivity index (χ4n) is 3.21. The molecule has 1 fully saturated rings. The minimum Gasteiger partial charge on any atom is -0.489 e. The molecular formula is C21H24ClFN2O4. The first-order chi connectivity index (χ1) is 13.9. The van der Waals surface area contributed by atoms with E-state index in [-0.39, 0.29) is 24.4 Å². The van der Waals surface area contributed by atoms with Gasteiger partial charge in [-0.1, -0.05) is 11.6 Å². The Kier molecular flexibility index (Phi) is 7.30. The first-order valence-electron chi connectivity index (χ1n) is 9.41. The maximum absolute atomic E-state index is 13.5. The molecule has 2 aromatic rings. The third-order valence-electron chi connectivity index (χ3n) is 4.50. The normalized spacial score (nSPS) is 17.7. The number of aliphatic hydroxyl groups is 1. The Bertz CT molecular complexity index is 834. The van der Waals surface area contributed by atoms with E-state index >= 15 is 0 Å². The maximum atomic E-state index is 13.5. The number of likely N-dealkylation sites (tertiary alicyclic amines) is 1. The standard InChI is InChI=1S/C21H24ClFN2O4/c1-14(26)24-20-7-4-16(23)10-21(20)28-13-17(27)11-25-9-8-19(12-25)29-18-5-2-15(22)3-6-18/h2-7,10,17,19,27H,8-9,11-13H2,1H3,(H,24,26)/t17?,19-/m0/s1. The molecule has 1 aliphatic rings. The van der Waals surface area contributed by atoms with Gasteiger partial charge in [-0.15, -0.1) is 0 Å². The van der Waals surface area contributed by atoms with E-state index in [0.717, 1.165) is 18.7 Å². The SMILES string of the molecule is CC(=O)Nc1ccc(F)cc1OCC(O)CN1CC[C@H](Oc2ccc(Cl)cc2)C1. The fraction of sp³-hybridized carbons (Fsp3) is 0.381. The van der Waals surface area contributed by atoms with Crippen molar-refractivity contribution in [2.45, 2.75) is 25.6 Å². The topological polar surface area (TPSA) is 71.0 Å². The molecule has 8 heteroatoms. The van der Waals surface area contributed by atoms with E-state index in [1.54, 1.807) is 12.1 Å². The van der Waals surface area contributed by atoms with E-state index < -0.39 is 11.9 Å². The number of anilines is 1. The Morgan fingerprint density at radius 3 is 2.83 bits per heavy atom. The van der Waals surface area contributed by atoms with Gasteiger partial charge in [0.25, 0.3) is 0 Å². The van der Waals surface area contributed by atoms with Crippen LogP contribution in [0.5, 0.6) is 11.5 Å². The number of nitrogens with zero attached hydrogens (tertiary/aromatic N) is 1. The molecule has 1 unspecified atom stereocenters. The number of carbonyl (C=O) groups excluding carboxylic acids is 1. The second kappa shape index (κ2) is 9.91. The van der Waals surface area contributed by atoms with Crippen molar-refractivity contribution in [2.75, 3.05) is 31.6 Å². The summed E-state index contributed by atoms with van der Waals surface area (Å²) in [5.41, 5.74) is 0.365. The van der Waals surface area contributed by atoms with Crippen LogP contribution in [0.15, 0.2) is 42.5 Å². The lowest BCUT2D eigenvalue weighted by atomic mass is 10.2. The number of nitrogens with one attached hydrogen (secondary N) is 1. The maximum Gasteiger partial charge on any atom is 0.221 e. The first kappa shape index (κ1) is 21.4. The zero-order valence-corrected chi connectivity index (χ0v) is 16.9. The number of hydrogen-bond donors (Lipinski definition) is 2. The molecule has 29 heavy (non-hydrogen) atoms. The summed E-state index contributed by atoms with van der Waals surface area (Å²) < 4.78 is 25.0. The molecule has 2 aromatic carbocycles. The predicted octanol–water partition coefficient (Wildman–Crippen LogP) is 3.33. The van der Waals surface area contributed by atoms with Gasteiger partial charge in [0.2, 0.25) is 5.91 Å². The van der Waals surface area contributed by atoms with Crippen molar-refractivity contribution in [3.05, 3.63) is 53.3 Å². The van der Waals surface area contributed by atoms with Gasteiger partial charge in [-0.05, 0) is 42.8 Å². The van der Waals surface area contributed by atoms with Crippen LogP contribution in [0.25, 0.3) is 0 Å². The fourth-order valence-corrected chi connectivity index (χ4v) is 3.34. The number of aliphatic hydroxyl groups excluding tert-OH is 1. The van der Waals surface area contributed by atoms with Gasteiger partial charge in [-0.2, -0.15) is 0 Å². The van der Waals surface area contributed by atoms with Crippen molar-refractivity contribution in [1.29, 1.82) is 0 Å². The highest BCUT2D eigenvalue weighted by molar-refractivity contribution is 6.30. The Labute approximate surface area is 174 Å². The molecule has 0 saturated carbocycles. The smallest absolute Gasteiger partial charge is 0.221 e. The average Bonchev–Trinajstić information content (AvgIpc) is 3.10. The molecule has 0 spiro atoms. The number of hydrogen-bond acceptors (Lipinski definition) is 5. The summed E-state index contributed by atoms with van der Waals surface area (Å²) in [6.07, 6.45) is 0.129. The number of β-amino-alcohol motifs (C(OH)–C–C–N with tert-alkyl or cyclic N) is 1. The number of amides is 1. The minimum atomic E-state index is -0.766.